The first-order valence-electron chi connectivity index (χ1n) is 5.03. The van der Waals surface area contributed by atoms with Crippen LogP contribution in [0.5, 0.6) is 0 Å². The number of nitrogen functional groups attached to an aromatic ring is 1. The van der Waals surface area contributed by atoms with Crippen LogP contribution in [0.1, 0.15) is 5.69 Å². The maximum absolute atomic E-state index is 11.1. The Morgan fingerprint density at radius 1 is 1.53 bits per heavy atom. The van der Waals surface area contributed by atoms with Crippen LogP contribution < -0.4 is 5.73 Å². The summed E-state index contributed by atoms with van der Waals surface area (Å²) in [6.07, 6.45) is 1.75. The Hall–Kier alpha value is -2.37. The molecule has 6 heteroatoms. The maximum atomic E-state index is 11.1. The van der Waals surface area contributed by atoms with Crippen molar-refractivity contribution in [1.82, 2.24) is 14.8 Å². The van der Waals surface area contributed by atoms with Gasteiger partial charge in [0.05, 0.1) is 19.2 Å². The van der Waals surface area contributed by atoms with E-state index in [1.807, 2.05) is 6.07 Å². The third-order valence-electron chi connectivity index (χ3n) is 2.21. The first-order valence-corrected chi connectivity index (χ1v) is 5.03. The van der Waals surface area contributed by atoms with Crippen molar-refractivity contribution in [2.75, 3.05) is 12.8 Å². The predicted molar refractivity (Wildman–Crippen MR) is 61.5 cm³/mol. The van der Waals surface area contributed by atoms with Gasteiger partial charge in [-0.1, -0.05) is 6.07 Å². The minimum Gasteiger partial charge on any atom is -0.469 e. The molecular weight excluding hydrogens is 220 g/mol. The lowest BCUT2D eigenvalue weighted by Crippen LogP contribution is -2.06. The van der Waals surface area contributed by atoms with Crippen molar-refractivity contribution in [2.45, 2.75) is 6.42 Å². The van der Waals surface area contributed by atoms with E-state index < -0.39 is 0 Å². The first-order chi connectivity index (χ1) is 8.20. The molecule has 0 radical (unpaired) electrons. The molecule has 2 heterocycles. The Morgan fingerprint density at radius 3 is 3.00 bits per heavy atom. The Morgan fingerprint density at radius 2 is 2.35 bits per heavy atom. The molecule has 2 rings (SSSR count). The van der Waals surface area contributed by atoms with Gasteiger partial charge >= 0.3 is 5.97 Å². The normalized spacial score (nSPS) is 10.2. The van der Waals surface area contributed by atoms with Crippen molar-refractivity contribution in [3.05, 3.63) is 36.2 Å². The average Bonchev–Trinajstić information content (AvgIpc) is 2.71. The lowest BCUT2D eigenvalue weighted by Gasteiger charge is -2.01. The third-order valence-corrected chi connectivity index (χ3v) is 2.21. The highest BCUT2D eigenvalue weighted by molar-refractivity contribution is 5.72. The van der Waals surface area contributed by atoms with Crippen LogP contribution in [0.4, 0.5) is 5.82 Å². The molecule has 2 N–H and O–H groups in total. The standard InChI is InChI=1S/C11H12N4O2/c1-17-11(16)7-8-6-9(12)15(14-8)10-4-2-3-5-13-10/h2-6H,7,12H2,1H3. The molecule has 0 bridgehead atoms. The van der Waals surface area contributed by atoms with E-state index in [-0.39, 0.29) is 12.4 Å². The van der Waals surface area contributed by atoms with Gasteiger partial charge < -0.3 is 10.5 Å². The zero-order valence-electron chi connectivity index (χ0n) is 9.33. The minimum atomic E-state index is -0.351. The van der Waals surface area contributed by atoms with Crippen molar-refractivity contribution in [1.29, 1.82) is 0 Å². The van der Waals surface area contributed by atoms with Gasteiger partial charge in [0, 0.05) is 12.3 Å². The highest BCUT2D eigenvalue weighted by Gasteiger charge is 2.11. The number of nitrogens with two attached hydrogens (primary N) is 1. The van der Waals surface area contributed by atoms with E-state index in [0.717, 1.165) is 0 Å². The van der Waals surface area contributed by atoms with Gasteiger partial charge in [-0.2, -0.15) is 9.78 Å². The molecule has 0 aromatic carbocycles. The van der Waals surface area contributed by atoms with Crippen molar-refractivity contribution < 1.29 is 9.53 Å². The second-order valence-corrected chi connectivity index (χ2v) is 3.41. The zero-order chi connectivity index (χ0) is 12.3. The van der Waals surface area contributed by atoms with Crippen LogP contribution in [0.15, 0.2) is 30.5 Å². The average molecular weight is 232 g/mol. The van der Waals surface area contributed by atoms with Crippen molar-refractivity contribution in [2.24, 2.45) is 0 Å². The summed E-state index contributed by atoms with van der Waals surface area (Å²) in [5.41, 5.74) is 6.35. The van der Waals surface area contributed by atoms with Gasteiger partial charge in [-0.25, -0.2) is 4.98 Å². The van der Waals surface area contributed by atoms with Gasteiger partial charge in [0.15, 0.2) is 5.82 Å². The Balaban J connectivity index is 2.28. The van der Waals surface area contributed by atoms with Gasteiger partial charge in [0.1, 0.15) is 5.82 Å². The number of hydrogen-bond acceptors (Lipinski definition) is 5. The maximum Gasteiger partial charge on any atom is 0.311 e. The number of nitrogens with zero attached hydrogens (tertiary/aromatic N) is 3. The van der Waals surface area contributed by atoms with Crippen LogP contribution in [0.25, 0.3) is 5.82 Å². The highest BCUT2D eigenvalue weighted by Crippen LogP contribution is 2.12. The molecule has 88 valence electrons. The Labute approximate surface area is 98.0 Å². The number of pyridine rings is 1. The van der Waals surface area contributed by atoms with E-state index in [0.29, 0.717) is 17.3 Å². The molecule has 0 amide bonds. The first kappa shape index (κ1) is 11.1. The van der Waals surface area contributed by atoms with Crippen molar-refractivity contribution >= 4 is 11.8 Å². The van der Waals surface area contributed by atoms with Crippen LogP contribution in [-0.2, 0) is 16.0 Å². The molecule has 0 aliphatic heterocycles. The molecule has 17 heavy (non-hydrogen) atoms. The smallest absolute Gasteiger partial charge is 0.311 e. The van der Waals surface area contributed by atoms with E-state index in [1.165, 1.54) is 11.8 Å². The summed E-state index contributed by atoms with van der Waals surface area (Å²) >= 11 is 0. The summed E-state index contributed by atoms with van der Waals surface area (Å²) in [6, 6.07) is 7.05. The van der Waals surface area contributed by atoms with Crippen LogP contribution in [0, 0.1) is 0 Å². The Kier molecular flexibility index (Phi) is 3.04. The molecule has 0 aliphatic rings. The second-order valence-electron chi connectivity index (χ2n) is 3.41. The molecule has 0 unspecified atom stereocenters. The van der Waals surface area contributed by atoms with E-state index in [9.17, 15) is 4.79 Å². The van der Waals surface area contributed by atoms with Gasteiger partial charge in [0.2, 0.25) is 0 Å². The van der Waals surface area contributed by atoms with E-state index in [1.54, 1.807) is 24.4 Å². The zero-order valence-corrected chi connectivity index (χ0v) is 9.33. The quantitative estimate of drug-likeness (QED) is 0.782. The predicted octanol–water partition coefficient (Wildman–Crippen LogP) is 0.565. The number of anilines is 1. The fourth-order valence-electron chi connectivity index (χ4n) is 1.42. The monoisotopic (exact) mass is 232 g/mol. The number of carbonyl (C=O) groups is 1. The van der Waals surface area contributed by atoms with Gasteiger partial charge in [0.25, 0.3) is 0 Å². The summed E-state index contributed by atoms with van der Waals surface area (Å²) in [4.78, 5) is 15.2. The summed E-state index contributed by atoms with van der Waals surface area (Å²) in [7, 11) is 1.33. The van der Waals surface area contributed by atoms with Gasteiger partial charge in [-0.3, -0.25) is 4.79 Å². The van der Waals surface area contributed by atoms with Crippen LogP contribution >= 0.6 is 0 Å². The summed E-state index contributed by atoms with van der Waals surface area (Å²) < 4.78 is 6.05. The lowest BCUT2D eigenvalue weighted by atomic mass is 10.3. The van der Waals surface area contributed by atoms with Crippen LogP contribution in [-0.4, -0.2) is 27.8 Å². The molecule has 0 atom stereocenters. The molecule has 2 aromatic heterocycles. The largest absolute Gasteiger partial charge is 0.469 e. The number of ether oxygens (including phenoxy) is 1. The number of carbonyl (C=O) groups excluding carboxylic acids is 1. The topological polar surface area (TPSA) is 83.0 Å². The highest BCUT2D eigenvalue weighted by atomic mass is 16.5. The number of aromatic nitrogens is 3. The number of hydrogen-bond donors (Lipinski definition) is 1. The van der Waals surface area contributed by atoms with Crippen LogP contribution in [0.2, 0.25) is 0 Å². The second kappa shape index (κ2) is 4.65. The molecule has 6 nitrogen and oxygen atoms in total. The van der Waals surface area contributed by atoms with Crippen LogP contribution in [0.3, 0.4) is 0 Å². The van der Waals surface area contributed by atoms with E-state index in [4.69, 9.17) is 5.73 Å². The molecule has 0 fully saturated rings. The third kappa shape index (κ3) is 2.41. The number of rotatable bonds is 3. The molecular formula is C11H12N4O2. The summed E-state index contributed by atoms with van der Waals surface area (Å²) in [5, 5.41) is 4.20. The molecule has 2 aromatic rings. The van der Waals surface area contributed by atoms with Gasteiger partial charge in [-0.15, -0.1) is 0 Å². The fourth-order valence-corrected chi connectivity index (χ4v) is 1.42. The SMILES string of the molecule is COC(=O)Cc1cc(N)n(-c2ccccn2)n1. The summed E-state index contributed by atoms with van der Waals surface area (Å²) in [5.74, 6) is 0.694. The lowest BCUT2D eigenvalue weighted by molar-refractivity contribution is -0.139. The number of methoxy groups -OCH3 is 1. The van der Waals surface area contributed by atoms with E-state index in [2.05, 4.69) is 14.8 Å². The summed E-state index contributed by atoms with van der Waals surface area (Å²) in [6.45, 7) is 0. The van der Waals surface area contributed by atoms with Crippen molar-refractivity contribution in [3.63, 3.8) is 0 Å². The fraction of sp³-hybridized carbons (Fsp3) is 0.182. The van der Waals surface area contributed by atoms with Gasteiger partial charge in [-0.05, 0) is 12.1 Å². The molecule has 0 spiro atoms. The van der Waals surface area contributed by atoms with E-state index >= 15 is 0 Å². The Bertz CT molecular complexity index is 522. The minimum absolute atomic E-state index is 0.0978. The molecule has 0 saturated heterocycles. The molecule has 0 saturated carbocycles. The molecule has 0 aliphatic carbocycles. The van der Waals surface area contributed by atoms with Crippen molar-refractivity contribution in [3.8, 4) is 5.82 Å². The number of esters is 1.